The average molecular weight is 359 g/mol. The van der Waals surface area contributed by atoms with Crippen molar-refractivity contribution in [1.82, 2.24) is 5.09 Å². The molecule has 0 saturated carbocycles. The first kappa shape index (κ1) is 17.5. The number of hydrogen-bond acceptors (Lipinski definition) is 3. The van der Waals surface area contributed by atoms with Crippen molar-refractivity contribution in [2.75, 3.05) is 6.61 Å². The lowest BCUT2D eigenvalue weighted by atomic mass is 10.1. The summed E-state index contributed by atoms with van der Waals surface area (Å²) in [6, 6.07) is 20.7. The summed E-state index contributed by atoms with van der Waals surface area (Å²) in [5.41, 5.74) is 2.35. The molecule has 1 aliphatic rings. The van der Waals surface area contributed by atoms with E-state index in [-0.39, 0.29) is 12.1 Å². The highest BCUT2D eigenvalue weighted by Crippen LogP contribution is 2.52. The highest BCUT2D eigenvalue weighted by Gasteiger charge is 2.34. The van der Waals surface area contributed by atoms with Crippen LogP contribution in [0.5, 0.6) is 0 Å². The van der Waals surface area contributed by atoms with Gasteiger partial charge in [-0.3, -0.25) is 0 Å². The van der Waals surface area contributed by atoms with Gasteiger partial charge in [-0.05, 0) is 36.3 Å². The van der Waals surface area contributed by atoms with E-state index in [0.29, 0.717) is 6.61 Å². The molecule has 2 aromatic carbocycles. The molecule has 24 heavy (non-hydrogen) atoms. The second-order valence-electron chi connectivity index (χ2n) is 5.77. The Labute approximate surface area is 148 Å². The van der Waals surface area contributed by atoms with Crippen molar-refractivity contribution in [2.24, 2.45) is 0 Å². The molecule has 1 heterocycles. The zero-order valence-corrected chi connectivity index (χ0v) is 15.4. The predicted molar refractivity (Wildman–Crippen MR) is 102 cm³/mol. The lowest BCUT2D eigenvalue weighted by Crippen LogP contribution is -2.24. The molecule has 1 unspecified atom stereocenters. The van der Waals surface area contributed by atoms with E-state index in [0.717, 1.165) is 12.0 Å². The van der Waals surface area contributed by atoms with Crippen LogP contribution in [0.15, 0.2) is 72.8 Å². The van der Waals surface area contributed by atoms with E-state index in [1.54, 1.807) is 0 Å². The molecule has 1 fully saturated rings. The van der Waals surface area contributed by atoms with Gasteiger partial charge in [0, 0.05) is 6.04 Å². The van der Waals surface area contributed by atoms with Gasteiger partial charge in [-0.25, -0.2) is 5.09 Å². The quantitative estimate of drug-likeness (QED) is 0.594. The third-order valence-electron chi connectivity index (χ3n) is 3.86. The van der Waals surface area contributed by atoms with Crippen LogP contribution in [0.3, 0.4) is 0 Å². The van der Waals surface area contributed by atoms with Crippen molar-refractivity contribution >= 4 is 18.4 Å². The fourth-order valence-corrected chi connectivity index (χ4v) is 5.31. The van der Waals surface area contributed by atoms with E-state index in [9.17, 15) is 0 Å². The minimum Gasteiger partial charge on any atom is -0.316 e. The number of hydrogen-bond donors (Lipinski definition) is 1. The van der Waals surface area contributed by atoms with Gasteiger partial charge < -0.3 is 9.05 Å². The lowest BCUT2D eigenvalue weighted by molar-refractivity contribution is 0.227. The second-order valence-corrected chi connectivity index (χ2v) is 8.94. The molecule has 0 spiro atoms. The highest BCUT2D eigenvalue weighted by molar-refractivity contribution is 8.09. The number of allylic oxidation sites excluding steroid dienone is 1. The molecule has 2 aromatic rings. The molecule has 126 valence electrons. The van der Waals surface area contributed by atoms with Crippen molar-refractivity contribution in [1.29, 1.82) is 0 Å². The van der Waals surface area contributed by atoms with Gasteiger partial charge in [0.15, 0.2) is 0 Å². The topological polar surface area (TPSA) is 30.5 Å². The Morgan fingerprint density at radius 3 is 2.54 bits per heavy atom. The minimum atomic E-state index is -2.48. The molecule has 5 heteroatoms. The summed E-state index contributed by atoms with van der Waals surface area (Å²) in [7, 11) is 0. The van der Waals surface area contributed by atoms with E-state index >= 15 is 0 Å². The van der Waals surface area contributed by atoms with Crippen LogP contribution in [-0.4, -0.2) is 12.6 Å². The van der Waals surface area contributed by atoms with Crippen LogP contribution in [0.25, 0.3) is 0 Å². The van der Waals surface area contributed by atoms with Gasteiger partial charge in [0.1, 0.15) is 6.10 Å². The van der Waals surface area contributed by atoms with Crippen molar-refractivity contribution in [2.45, 2.75) is 25.5 Å². The van der Waals surface area contributed by atoms with Crippen LogP contribution in [0, 0.1) is 0 Å². The summed E-state index contributed by atoms with van der Waals surface area (Å²) in [4.78, 5) is 0. The number of benzene rings is 2. The Bertz CT molecular complexity index is 721. The zero-order chi connectivity index (χ0) is 16.8. The van der Waals surface area contributed by atoms with Crippen LogP contribution in [0.2, 0.25) is 0 Å². The normalized spacial score (nSPS) is 25.1. The van der Waals surface area contributed by atoms with Crippen molar-refractivity contribution in [3.8, 4) is 0 Å². The number of rotatable bonds is 6. The maximum absolute atomic E-state index is 6.20. The molecule has 3 atom stereocenters. The minimum absolute atomic E-state index is 0.190. The summed E-state index contributed by atoms with van der Waals surface area (Å²) >= 11 is 5.67. The molecule has 1 saturated heterocycles. The van der Waals surface area contributed by atoms with Gasteiger partial charge in [0.2, 0.25) is 0 Å². The Kier molecular flexibility index (Phi) is 5.99. The Balaban J connectivity index is 1.66. The van der Waals surface area contributed by atoms with Crippen LogP contribution in [-0.2, 0) is 27.3 Å². The van der Waals surface area contributed by atoms with Crippen molar-refractivity contribution in [3.05, 3.63) is 83.9 Å². The molecule has 1 aliphatic heterocycles. The molecule has 0 aromatic heterocycles. The SMILES string of the molecule is C/C=C/[C@H](OP1(=S)N[C@H](Cc2ccccc2)CO1)c1ccccc1. The van der Waals surface area contributed by atoms with Gasteiger partial charge in [0.05, 0.1) is 6.61 Å². The van der Waals surface area contributed by atoms with Gasteiger partial charge in [-0.1, -0.05) is 72.8 Å². The number of nitrogens with one attached hydrogen (secondary N) is 1. The third kappa shape index (κ3) is 4.62. The van der Waals surface area contributed by atoms with Gasteiger partial charge in [0.25, 0.3) is 6.64 Å². The summed E-state index contributed by atoms with van der Waals surface area (Å²) in [6.07, 6.45) is 4.70. The molecule has 0 bridgehead atoms. The summed E-state index contributed by atoms with van der Waals surface area (Å²) < 4.78 is 12.1. The van der Waals surface area contributed by atoms with Gasteiger partial charge in [-0.15, -0.1) is 0 Å². The lowest BCUT2D eigenvalue weighted by Gasteiger charge is -2.22. The Morgan fingerprint density at radius 1 is 1.21 bits per heavy atom. The highest BCUT2D eigenvalue weighted by atomic mass is 32.5. The second kappa shape index (κ2) is 8.19. The summed E-state index contributed by atoms with van der Waals surface area (Å²) in [5.74, 6) is 0. The standard InChI is InChI=1S/C19H22NO2PS/c1-2-9-19(17-12-7-4-8-13-17)22-23(24)20-18(15-21-23)14-16-10-5-3-6-11-16/h2-13,18-19H,14-15H2,1H3,(H,20,24)/b9-2+/t18-,19+,23?/m1/s1. The van der Waals surface area contributed by atoms with E-state index in [1.807, 2.05) is 55.5 Å². The monoisotopic (exact) mass is 359 g/mol. The maximum atomic E-state index is 6.20. The fraction of sp³-hybridized carbons (Fsp3) is 0.263. The molecule has 0 amide bonds. The molecular weight excluding hydrogens is 337 g/mol. The predicted octanol–water partition coefficient (Wildman–Crippen LogP) is 4.78. The largest absolute Gasteiger partial charge is 0.316 e. The molecule has 0 radical (unpaired) electrons. The summed E-state index contributed by atoms with van der Waals surface area (Å²) in [6.45, 7) is 0.0856. The van der Waals surface area contributed by atoms with E-state index < -0.39 is 6.64 Å². The molecule has 3 rings (SSSR count). The van der Waals surface area contributed by atoms with Gasteiger partial charge in [-0.2, -0.15) is 0 Å². The maximum Gasteiger partial charge on any atom is 0.262 e. The zero-order valence-electron chi connectivity index (χ0n) is 13.7. The molecule has 1 N–H and O–H groups in total. The average Bonchev–Trinajstić information content (AvgIpc) is 2.97. The van der Waals surface area contributed by atoms with E-state index in [1.165, 1.54) is 5.56 Å². The van der Waals surface area contributed by atoms with Crippen molar-refractivity contribution < 1.29 is 9.05 Å². The summed E-state index contributed by atoms with van der Waals surface area (Å²) in [5, 5.41) is 3.42. The molecule has 0 aliphatic carbocycles. The smallest absolute Gasteiger partial charge is 0.262 e. The van der Waals surface area contributed by atoms with Crippen LogP contribution >= 0.6 is 6.64 Å². The first-order valence-corrected chi connectivity index (χ1v) is 10.7. The molecular formula is C19H22NO2PS. The van der Waals surface area contributed by atoms with Gasteiger partial charge >= 0.3 is 0 Å². The molecule has 3 nitrogen and oxygen atoms in total. The Morgan fingerprint density at radius 2 is 1.88 bits per heavy atom. The van der Waals surface area contributed by atoms with E-state index in [4.69, 9.17) is 20.9 Å². The van der Waals surface area contributed by atoms with Crippen LogP contribution in [0.4, 0.5) is 0 Å². The van der Waals surface area contributed by atoms with Crippen LogP contribution < -0.4 is 5.09 Å². The third-order valence-corrected chi connectivity index (χ3v) is 6.42. The Hall–Kier alpha value is -1.29. The first-order valence-electron chi connectivity index (χ1n) is 8.11. The van der Waals surface area contributed by atoms with E-state index in [2.05, 4.69) is 29.4 Å². The van der Waals surface area contributed by atoms with Crippen LogP contribution in [0.1, 0.15) is 24.2 Å². The van der Waals surface area contributed by atoms with Crippen molar-refractivity contribution in [3.63, 3.8) is 0 Å². The first-order chi connectivity index (χ1) is 11.7. The fourth-order valence-electron chi connectivity index (χ4n) is 2.72.